The molecule has 1 heterocycles. The number of sulfonamides is 1. The number of nitrogens with zero attached hydrogens (tertiary/aromatic N) is 3. The highest BCUT2D eigenvalue weighted by Crippen LogP contribution is 2.32. The molecule has 0 aliphatic carbocycles. The molecule has 0 fully saturated rings. The van der Waals surface area contributed by atoms with Gasteiger partial charge in [-0.1, -0.05) is 17.7 Å². The second-order valence-electron chi connectivity index (χ2n) is 10.4. The molecule has 0 atom stereocenters. The predicted molar refractivity (Wildman–Crippen MR) is 154 cm³/mol. The van der Waals surface area contributed by atoms with E-state index in [2.05, 4.69) is 14.2 Å². The van der Waals surface area contributed by atoms with Crippen LogP contribution >= 0.6 is 0 Å². The smallest absolute Gasteiger partial charge is 0.441 e. The van der Waals surface area contributed by atoms with Gasteiger partial charge in [0.1, 0.15) is 11.4 Å². The van der Waals surface area contributed by atoms with Crippen LogP contribution in [0.25, 0.3) is 16.4 Å². The quantitative estimate of drug-likeness (QED) is 0.115. The average molecular weight is 599 g/mol. The summed E-state index contributed by atoms with van der Waals surface area (Å²) < 4.78 is 45.3. The second-order valence-corrected chi connectivity index (χ2v) is 12.2. The van der Waals surface area contributed by atoms with Gasteiger partial charge in [0.15, 0.2) is 0 Å². The molecule has 0 unspecified atom stereocenters. The molecule has 0 radical (unpaired) electrons. The average Bonchev–Trinajstić information content (AvgIpc) is 3.23. The summed E-state index contributed by atoms with van der Waals surface area (Å²) in [4.78, 5) is 41.0. The first-order valence-corrected chi connectivity index (χ1v) is 14.5. The number of ether oxygens (including phenoxy) is 3. The van der Waals surface area contributed by atoms with Gasteiger partial charge in [-0.2, -0.15) is 4.79 Å². The van der Waals surface area contributed by atoms with Crippen LogP contribution in [-0.4, -0.2) is 67.7 Å². The number of hydrogen-bond acceptors (Lipinski definition) is 8. The Labute approximate surface area is 244 Å². The summed E-state index contributed by atoms with van der Waals surface area (Å²) in [5.41, 5.74) is 9.86. The number of methoxy groups -OCH3 is 2. The molecule has 2 aromatic carbocycles. The van der Waals surface area contributed by atoms with E-state index >= 15 is 0 Å². The van der Waals surface area contributed by atoms with E-state index in [0.717, 1.165) is 12.7 Å². The first-order valence-electron chi connectivity index (χ1n) is 13.1. The predicted octanol–water partition coefficient (Wildman–Crippen LogP) is 3.61. The molecule has 12 nitrogen and oxygen atoms in total. The Balaban J connectivity index is 2.08. The second kappa shape index (κ2) is 13.1. The third kappa shape index (κ3) is 7.49. The van der Waals surface area contributed by atoms with Crippen molar-refractivity contribution in [3.8, 4) is 5.75 Å². The number of fused-ring (bicyclic) bond motifs is 1. The lowest BCUT2D eigenvalue weighted by Crippen LogP contribution is -2.30. The van der Waals surface area contributed by atoms with E-state index < -0.39 is 39.2 Å². The summed E-state index contributed by atoms with van der Waals surface area (Å²) in [5.74, 6) is -1.42. The zero-order valence-corrected chi connectivity index (χ0v) is 25.2. The summed E-state index contributed by atoms with van der Waals surface area (Å²) in [6.45, 7) is 6.95. The Hall–Kier alpha value is -4.32. The van der Waals surface area contributed by atoms with Crippen LogP contribution in [0.5, 0.6) is 5.75 Å². The van der Waals surface area contributed by atoms with E-state index in [1.807, 2.05) is 6.92 Å². The monoisotopic (exact) mass is 598 g/mol. The Morgan fingerprint density at radius 2 is 1.69 bits per heavy atom. The Morgan fingerprint density at radius 1 is 1.02 bits per heavy atom. The molecule has 0 amide bonds. The standard InChI is InChI=1S/C29H34N4O8S/c1-18-7-10-20(11-8-18)42(37,38)31-16-15-21-22-17-19(39-5)9-12-24(22)33(28(36)41-29(2,3)4)23(21)13-14-25(34)26(32-30)27(35)40-6/h7-12,17,31H,13-16H2,1-6H3. The van der Waals surface area contributed by atoms with Crippen LogP contribution in [0.3, 0.4) is 0 Å². The molecule has 0 saturated heterocycles. The van der Waals surface area contributed by atoms with Crippen molar-refractivity contribution in [2.75, 3.05) is 20.8 Å². The first-order chi connectivity index (χ1) is 19.7. The van der Waals surface area contributed by atoms with Crippen LogP contribution in [0.2, 0.25) is 0 Å². The molecule has 224 valence electrons. The van der Waals surface area contributed by atoms with E-state index in [1.54, 1.807) is 51.1 Å². The Bertz CT molecular complexity index is 1660. The molecule has 3 rings (SSSR count). The topological polar surface area (TPSA) is 166 Å². The normalized spacial score (nSPS) is 11.6. The van der Waals surface area contributed by atoms with Crippen LogP contribution in [0, 0.1) is 6.92 Å². The molecule has 0 aliphatic heterocycles. The van der Waals surface area contributed by atoms with Gasteiger partial charge in [0.2, 0.25) is 10.0 Å². The molecule has 0 spiro atoms. The zero-order chi connectivity index (χ0) is 31.2. The maximum Gasteiger partial charge on any atom is 0.441 e. The van der Waals surface area contributed by atoms with Crippen LogP contribution in [0.1, 0.15) is 44.0 Å². The lowest BCUT2D eigenvalue weighted by molar-refractivity contribution is -0.139. The van der Waals surface area contributed by atoms with Gasteiger partial charge in [-0.25, -0.2) is 27.3 Å². The lowest BCUT2D eigenvalue weighted by atomic mass is 10.0. The number of carbonyl (C=O) groups excluding carboxylic acids is 3. The molecule has 0 bridgehead atoms. The van der Waals surface area contributed by atoms with E-state index in [-0.39, 0.29) is 30.7 Å². The number of aryl methyl sites for hydroxylation is 1. The number of aromatic nitrogens is 1. The van der Waals surface area contributed by atoms with E-state index in [0.29, 0.717) is 27.9 Å². The molecule has 13 heteroatoms. The van der Waals surface area contributed by atoms with Gasteiger partial charge in [-0.15, -0.1) is 0 Å². The molecule has 1 N–H and O–H groups in total. The van der Waals surface area contributed by atoms with Crippen molar-refractivity contribution < 1.29 is 41.8 Å². The number of benzene rings is 2. The highest BCUT2D eigenvalue weighted by molar-refractivity contribution is 7.89. The van der Waals surface area contributed by atoms with Gasteiger partial charge in [-0.3, -0.25) is 4.79 Å². The van der Waals surface area contributed by atoms with E-state index in [1.165, 1.54) is 23.8 Å². The SMILES string of the molecule is COC(=O)C(=[N+]=[N-])C(=O)CCc1c(CCNS(=O)(=O)c2ccc(C)cc2)c2cc(OC)ccc2n1C(=O)OC(C)(C)C. The first kappa shape index (κ1) is 32.2. The van der Waals surface area contributed by atoms with Crippen molar-refractivity contribution in [1.29, 1.82) is 0 Å². The van der Waals surface area contributed by atoms with Gasteiger partial charge in [0, 0.05) is 24.0 Å². The number of esters is 1. The molecule has 0 saturated carbocycles. The molecular weight excluding hydrogens is 564 g/mol. The van der Waals surface area contributed by atoms with Crippen molar-refractivity contribution in [1.82, 2.24) is 9.29 Å². The van der Waals surface area contributed by atoms with Crippen molar-refractivity contribution in [3.63, 3.8) is 0 Å². The van der Waals surface area contributed by atoms with Gasteiger partial charge in [0.25, 0.3) is 5.78 Å². The summed E-state index contributed by atoms with van der Waals surface area (Å²) in [7, 11) is -1.30. The van der Waals surface area contributed by atoms with Crippen LogP contribution in [-0.2, 0) is 41.9 Å². The number of carbonyl (C=O) groups is 3. The Kier molecular flexibility index (Phi) is 10.1. The highest BCUT2D eigenvalue weighted by Gasteiger charge is 2.32. The van der Waals surface area contributed by atoms with Gasteiger partial charge >= 0.3 is 17.8 Å². The van der Waals surface area contributed by atoms with Gasteiger partial charge in [-0.05, 0) is 76.4 Å². The summed E-state index contributed by atoms with van der Waals surface area (Å²) in [6, 6.07) is 11.4. The third-order valence-electron chi connectivity index (χ3n) is 6.29. The number of nitrogens with one attached hydrogen (secondary N) is 1. The number of rotatable bonds is 11. The number of Topliss-reactive ketones (excluding diaryl/α,β-unsaturated/α-hetero) is 1. The Morgan fingerprint density at radius 3 is 2.26 bits per heavy atom. The van der Waals surface area contributed by atoms with Crippen molar-refractivity contribution >= 4 is 44.5 Å². The lowest BCUT2D eigenvalue weighted by Gasteiger charge is -2.21. The molecule has 0 aliphatic rings. The fourth-order valence-electron chi connectivity index (χ4n) is 4.34. The van der Waals surface area contributed by atoms with Gasteiger partial charge in [0.05, 0.1) is 24.6 Å². The van der Waals surface area contributed by atoms with E-state index in [4.69, 9.17) is 9.47 Å². The molecule has 1 aromatic heterocycles. The fourth-order valence-corrected chi connectivity index (χ4v) is 5.37. The summed E-state index contributed by atoms with van der Waals surface area (Å²) >= 11 is 0. The maximum absolute atomic E-state index is 13.5. The van der Waals surface area contributed by atoms with Crippen molar-refractivity contribution in [2.24, 2.45) is 0 Å². The maximum atomic E-state index is 13.5. The van der Waals surface area contributed by atoms with E-state index in [9.17, 15) is 28.3 Å². The van der Waals surface area contributed by atoms with Crippen LogP contribution in [0.15, 0.2) is 47.4 Å². The summed E-state index contributed by atoms with van der Waals surface area (Å²) in [6.07, 6.45) is -0.986. The minimum absolute atomic E-state index is 0.0344. The molecule has 3 aromatic rings. The zero-order valence-electron chi connectivity index (χ0n) is 24.4. The van der Waals surface area contributed by atoms with Gasteiger partial charge < -0.3 is 19.7 Å². The molecular formula is C29H34N4O8S. The largest absolute Gasteiger partial charge is 0.497 e. The van der Waals surface area contributed by atoms with Crippen molar-refractivity contribution in [3.05, 3.63) is 64.8 Å². The third-order valence-corrected chi connectivity index (χ3v) is 7.77. The minimum atomic E-state index is -3.83. The van der Waals surface area contributed by atoms with Crippen molar-refractivity contribution in [2.45, 2.75) is 57.5 Å². The number of ketones is 1. The summed E-state index contributed by atoms with van der Waals surface area (Å²) in [5, 5.41) is 0.584. The molecule has 42 heavy (non-hydrogen) atoms. The minimum Gasteiger partial charge on any atom is -0.497 e. The highest BCUT2D eigenvalue weighted by atomic mass is 32.2. The van der Waals surface area contributed by atoms with Crippen LogP contribution in [0.4, 0.5) is 4.79 Å². The number of hydrogen-bond donors (Lipinski definition) is 1. The van der Waals surface area contributed by atoms with Crippen LogP contribution < -0.4 is 9.46 Å². The fraction of sp³-hybridized carbons (Fsp3) is 0.379.